The maximum atomic E-state index is 15.9. The maximum absolute atomic E-state index is 15.9. The van der Waals surface area contributed by atoms with Crippen LogP contribution in [-0.2, 0) is 22.6 Å². The van der Waals surface area contributed by atoms with Crippen LogP contribution < -0.4 is 10.1 Å². The lowest BCUT2D eigenvalue weighted by Crippen LogP contribution is -2.42. The van der Waals surface area contributed by atoms with E-state index < -0.39 is 11.6 Å². The third kappa shape index (κ3) is 5.66. The second kappa shape index (κ2) is 12.8. The van der Waals surface area contributed by atoms with Crippen LogP contribution in [0.4, 0.5) is 8.78 Å². The van der Waals surface area contributed by atoms with Crippen molar-refractivity contribution in [3.63, 3.8) is 0 Å². The highest BCUT2D eigenvalue weighted by Gasteiger charge is 2.34. The first kappa shape index (κ1) is 32.5. The zero-order valence-electron chi connectivity index (χ0n) is 27.6. The number of thiophene rings is 1. The summed E-state index contributed by atoms with van der Waals surface area (Å²) in [5.74, 6) is -1.75. The number of fused-ring (bicyclic) bond motifs is 3. The molecule has 0 bridgehead atoms. The number of methoxy groups -OCH3 is 1. The van der Waals surface area contributed by atoms with E-state index in [9.17, 15) is 14.0 Å². The van der Waals surface area contributed by atoms with Crippen molar-refractivity contribution in [2.45, 2.75) is 38.9 Å². The van der Waals surface area contributed by atoms with Crippen molar-refractivity contribution >= 4 is 33.2 Å². The molecule has 1 aromatic carbocycles. The van der Waals surface area contributed by atoms with Crippen molar-refractivity contribution in [2.24, 2.45) is 0 Å². The number of ether oxygens (including phenoxy) is 1. The van der Waals surface area contributed by atoms with Crippen LogP contribution in [0.2, 0.25) is 0 Å². The van der Waals surface area contributed by atoms with Crippen LogP contribution in [0.15, 0.2) is 54.6 Å². The molecule has 1 N–H and O–H groups in total. The van der Waals surface area contributed by atoms with Crippen LogP contribution in [0.25, 0.3) is 43.9 Å². The van der Waals surface area contributed by atoms with Crippen LogP contribution in [0.5, 0.6) is 5.75 Å². The Balaban J connectivity index is 1.45. The molecule has 2 aliphatic rings. The molecule has 6 heterocycles. The average molecular weight is 684 g/mol. The molecule has 0 fully saturated rings. The molecular formula is C36H35F2N7O3S. The van der Waals surface area contributed by atoms with E-state index in [4.69, 9.17) is 19.8 Å². The Morgan fingerprint density at radius 2 is 1.98 bits per heavy atom. The molecule has 2 aliphatic heterocycles. The number of likely N-dealkylation sites (N-methyl/N-ethyl adjacent to an activating group) is 1. The van der Waals surface area contributed by atoms with E-state index >= 15 is 4.39 Å². The van der Waals surface area contributed by atoms with Gasteiger partial charge in [-0.2, -0.15) is 5.10 Å². The van der Waals surface area contributed by atoms with Crippen LogP contribution in [0, 0.1) is 11.6 Å². The van der Waals surface area contributed by atoms with Gasteiger partial charge in [0.05, 0.1) is 42.7 Å². The zero-order chi connectivity index (χ0) is 34.6. The predicted molar refractivity (Wildman–Crippen MR) is 184 cm³/mol. The number of carbonyl (C=O) groups excluding carboxylic acids is 2. The van der Waals surface area contributed by atoms with E-state index in [1.807, 2.05) is 36.0 Å². The first-order valence-electron chi connectivity index (χ1n) is 16.0. The van der Waals surface area contributed by atoms with Gasteiger partial charge in [-0.3, -0.25) is 24.2 Å². The fourth-order valence-electron chi connectivity index (χ4n) is 6.91. The third-order valence-corrected chi connectivity index (χ3v) is 10.3. The van der Waals surface area contributed by atoms with Crippen LogP contribution >= 0.6 is 11.3 Å². The predicted octanol–water partition coefficient (Wildman–Crippen LogP) is 5.93. The number of halogens is 2. The number of nitrogens with zero attached hydrogens (tertiary/aromatic N) is 6. The van der Waals surface area contributed by atoms with Crippen molar-refractivity contribution in [3.8, 4) is 39.5 Å². The van der Waals surface area contributed by atoms with Crippen LogP contribution in [0.3, 0.4) is 0 Å². The SMILES string of the molecule is C=CC(=O)N1C[C@H](C)n2nc(-c3nc(-c4cnc5c(c4)CN(CC(=O)NC)CC5)c4ccsc4c3-c3c(F)cc(F)cc3OC)cc2[C@H]1C. The van der Waals surface area contributed by atoms with E-state index in [1.54, 1.807) is 18.1 Å². The highest BCUT2D eigenvalue weighted by Crippen LogP contribution is 2.47. The monoisotopic (exact) mass is 683 g/mol. The molecule has 252 valence electrons. The quantitative estimate of drug-likeness (QED) is 0.212. The van der Waals surface area contributed by atoms with E-state index in [2.05, 4.69) is 22.9 Å². The van der Waals surface area contributed by atoms with E-state index in [0.717, 1.165) is 51.3 Å². The Labute approximate surface area is 286 Å². The largest absolute Gasteiger partial charge is 0.496 e. The fourth-order valence-corrected chi connectivity index (χ4v) is 7.86. The molecule has 13 heteroatoms. The van der Waals surface area contributed by atoms with Gasteiger partial charge in [-0.15, -0.1) is 11.3 Å². The Bertz CT molecular complexity index is 2140. The molecule has 2 amide bonds. The van der Waals surface area contributed by atoms with Crippen LogP contribution in [0.1, 0.15) is 42.9 Å². The first-order valence-corrected chi connectivity index (χ1v) is 16.9. The molecule has 2 atom stereocenters. The topological polar surface area (TPSA) is 105 Å². The lowest BCUT2D eigenvalue weighted by molar-refractivity contribution is -0.129. The molecule has 0 aliphatic carbocycles. The Morgan fingerprint density at radius 3 is 2.73 bits per heavy atom. The van der Waals surface area contributed by atoms with Crippen molar-refractivity contribution in [1.29, 1.82) is 0 Å². The van der Waals surface area contributed by atoms with Gasteiger partial charge in [-0.05, 0) is 49.1 Å². The van der Waals surface area contributed by atoms with Gasteiger partial charge in [-0.25, -0.2) is 13.8 Å². The van der Waals surface area contributed by atoms with E-state index in [-0.39, 0.29) is 41.8 Å². The summed E-state index contributed by atoms with van der Waals surface area (Å²) in [5, 5.41) is 10.4. The molecule has 0 spiro atoms. The highest BCUT2D eigenvalue weighted by atomic mass is 32.1. The molecule has 0 saturated heterocycles. The molecule has 10 nitrogen and oxygen atoms in total. The number of benzene rings is 1. The zero-order valence-corrected chi connectivity index (χ0v) is 28.4. The minimum absolute atomic E-state index is 0.0307. The summed E-state index contributed by atoms with van der Waals surface area (Å²) in [7, 11) is 3.00. The van der Waals surface area contributed by atoms with E-state index in [1.165, 1.54) is 24.5 Å². The standard InChI is InChI=1S/C36H35F2N7O3S/c1-6-31(47)44-16-19(2)45-28(20(44)3)14-27(42-45)35-33(32-25(38)12-23(37)13-29(32)48-5)36-24(8-10-49-36)34(41-35)21-11-22-17-43(18-30(46)39-4)9-7-26(22)40-15-21/h6,8,10-15,19-20H,1,7,9,16-18H2,2-5H3,(H,39,46)/t19-,20+/m0/s1. The first-order chi connectivity index (χ1) is 23.6. The van der Waals surface area contributed by atoms with Crippen molar-refractivity contribution in [1.82, 2.24) is 34.9 Å². The number of pyridine rings is 2. The van der Waals surface area contributed by atoms with Gasteiger partial charge in [-0.1, -0.05) is 6.58 Å². The van der Waals surface area contributed by atoms with Crippen molar-refractivity contribution < 1.29 is 23.1 Å². The number of aromatic nitrogens is 4. The Hall–Kier alpha value is -5.01. The van der Waals surface area contributed by atoms with Gasteiger partial charge in [0.2, 0.25) is 11.8 Å². The summed E-state index contributed by atoms with van der Waals surface area (Å²) < 4.78 is 38.6. The van der Waals surface area contributed by atoms with Gasteiger partial charge in [0.25, 0.3) is 0 Å². The second-order valence-corrected chi connectivity index (χ2v) is 13.3. The summed E-state index contributed by atoms with van der Waals surface area (Å²) in [6.45, 7) is 9.59. The molecule has 4 aromatic heterocycles. The number of hydrogen-bond acceptors (Lipinski definition) is 8. The van der Waals surface area contributed by atoms with Gasteiger partial charge in [0.1, 0.15) is 28.8 Å². The van der Waals surface area contributed by atoms with E-state index in [0.29, 0.717) is 42.2 Å². The second-order valence-electron chi connectivity index (χ2n) is 12.4. The van der Waals surface area contributed by atoms with Gasteiger partial charge >= 0.3 is 0 Å². The number of carbonyl (C=O) groups is 2. The molecular weight excluding hydrogens is 649 g/mol. The Kier molecular flexibility index (Phi) is 8.49. The molecule has 0 radical (unpaired) electrons. The molecule has 7 rings (SSSR count). The Morgan fingerprint density at radius 1 is 1.16 bits per heavy atom. The maximum Gasteiger partial charge on any atom is 0.246 e. The smallest absolute Gasteiger partial charge is 0.246 e. The summed E-state index contributed by atoms with van der Waals surface area (Å²) in [6, 6.07) is 7.41. The summed E-state index contributed by atoms with van der Waals surface area (Å²) in [5.41, 5.74) is 5.52. The summed E-state index contributed by atoms with van der Waals surface area (Å²) in [4.78, 5) is 38.7. The van der Waals surface area contributed by atoms with Gasteiger partial charge in [0.15, 0.2) is 0 Å². The summed E-state index contributed by atoms with van der Waals surface area (Å²) in [6.07, 6.45) is 3.82. The average Bonchev–Trinajstić information content (AvgIpc) is 3.77. The minimum Gasteiger partial charge on any atom is -0.496 e. The van der Waals surface area contributed by atoms with Gasteiger partial charge < -0.3 is 15.0 Å². The molecule has 0 unspecified atom stereocenters. The number of rotatable bonds is 7. The summed E-state index contributed by atoms with van der Waals surface area (Å²) >= 11 is 1.41. The normalized spacial score (nSPS) is 17.5. The minimum atomic E-state index is -0.789. The molecule has 5 aromatic rings. The van der Waals surface area contributed by atoms with Crippen LogP contribution in [-0.4, -0.2) is 75.2 Å². The van der Waals surface area contributed by atoms with Crippen molar-refractivity contribution in [3.05, 3.63) is 83.1 Å². The van der Waals surface area contributed by atoms with Crippen molar-refractivity contribution in [2.75, 3.05) is 33.8 Å². The highest BCUT2D eigenvalue weighted by molar-refractivity contribution is 7.18. The molecule has 0 saturated carbocycles. The lowest BCUT2D eigenvalue weighted by Gasteiger charge is -2.36. The van der Waals surface area contributed by atoms with Gasteiger partial charge in [0, 0.05) is 78.3 Å². The lowest BCUT2D eigenvalue weighted by atomic mass is 9.95. The number of nitrogens with one attached hydrogen (secondary N) is 1. The molecule has 49 heavy (non-hydrogen) atoms. The third-order valence-electron chi connectivity index (χ3n) is 9.37. The number of hydrogen-bond donors (Lipinski definition) is 1. The fraction of sp³-hybridized carbons (Fsp3) is 0.306. The number of amides is 2.